The lowest BCUT2D eigenvalue weighted by molar-refractivity contribution is -0.0440. The maximum atomic E-state index is 13.1. The highest BCUT2D eigenvalue weighted by Gasteiger charge is 2.47. The van der Waals surface area contributed by atoms with Crippen LogP contribution < -0.4 is 0 Å². The molecular weight excluding hydrogens is 596 g/mol. The van der Waals surface area contributed by atoms with E-state index in [0.29, 0.717) is 25.7 Å². The van der Waals surface area contributed by atoms with Gasteiger partial charge in [0.25, 0.3) is 0 Å². The van der Waals surface area contributed by atoms with Crippen LogP contribution in [0, 0.1) is 0 Å². The molecule has 0 amide bonds. The van der Waals surface area contributed by atoms with E-state index in [4.69, 9.17) is 0 Å². The van der Waals surface area contributed by atoms with E-state index in [1.165, 1.54) is 0 Å². The molecule has 0 rings (SSSR count). The van der Waals surface area contributed by atoms with Crippen molar-refractivity contribution in [2.24, 2.45) is 7.54 Å². The Balaban J connectivity index is 6.40. The Hall–Kier alpha value is -0.660. The Kier molecular flexibility index (Phi) is 14.9. The molecule has 0 bridgehead atoms. The van der Waals surface area contributed by atoms with Crippen LogP contribution in [0.2, 0.25) is 0 Å². The molecule has 0 aliphatic carbocycles. The van der Waals surface area contributed by atoms with Crippen molar-refractivity contribution in [3.8, 4) is 0 Å². The van der Waals surface area contributed by atoms with Crippen molar-refractivity contribution < 1.29 is 51.6 Å². The van der Waals surface area contributed by atoms with Gasteiger partial charge in [-0.2, -0.15) is 43.2 Å². The second-order valence-corrected chi connectivity index (χ2v) is 16.1. The summed E-state index contributed by atoms with van der Waals surface area (Å²) >= 11 is 0. The quantitative estimate of drug-likeness (QED) is 0.124. The minimum atomic E-state index is -6.47. The first-order valence-electron chi connectivity index (χ1n) is 11.6. The van der Waals surface area contributed by atoms with Gasteiger partial charge >= 0.3 is 31.1 Å². The standard InChI is InChI=1S/C18H34F6N3O6S4/c1-3-5-7-9-11-13-15-34(28,26-36(30,31)17(19,20)21)25-35(29,16-14-12-10-8-6-4-2)27-37(32,33)18(22,23)24/h3-16H2,1-2H3/q-1. The fourth-order valence-corrected chi connectivity index (χ4v) is 10.5. The molecule has 0 aliphatic heterocycles. The predicted octanol–water partition coefficient (Wildman–Crippen LogP) is 6.55. The summed E-state index contributed by atoms with van der Waals surface area (Å²) in [7, 11) is -23.0. The van der Waals surface area contributed by atoms with E-state index in [1.807, 2.05) is 13.8 Å². The van der Waals surface area contributed by atoms with Gasteiger partial charge in [0.2, 0.25) is 0 Å². The zero-order valence-corrected chi connectivity index (χ0v) is 23.9. The molecule has 0 spiro atoms. The third-order valence-corrected chi connectivity index (χ3v) is 12.9. The first kappa shape index (κ1) is 36.3. The summed E-state index contributed by atoms with van der Waals surface area (Å²) in [6.07, 6.45) is 5.74. The molecule has 224 valence electrons. The van der Waals surface area contributed by atoms with E-state index in [2.05, 4.69) is 11.7 Å². The summed E-state index contributed by atoms with van der Waals surface area (Å²) in [5.74, 6) is -1.99. The van der Waals surface area contributed by atoms with Gasteiger partial charge < -0.3 is 4.13 Å². The molecule has 0 saturated carbocycles. The van der Waals surface area contributed by atoms with E-state index in [-0.39, 0.29) is 25.7 Å². The zero-order chi connectivity index (χ0) is 29.0. The van der Waals surface area contributed by atoms with Crippen molar-refractivity contribution in [1.29, 1.82) is 0 Å². The predicted molar refractivity (Wildman–Crippen MR) is 131 cm³/mol. The van der Waals surface area contributed by atoms with Crippen LogP contribution in [0.25, 0.3) is 4.13 Å². The SMILES string of the molecule is CCCCCCCCS(=O)(=NS(=O)(=O)C(F)(F)F)[N-]S(=O)(CCCCCCCC)=NS(=O)(=O)C(F)(F)F. The van der Waals surface area contributed by atoms with Crippen LogP contribution in [0.15, 0.2) is 7.54 Å². The van der Waals surface area contributed by atoms with E-state index < -0.39 is 62.4 Å². The van der Waals surface area contributed by atoms with Crippen molar-refractivity contribution in [1.82, 2.24) is 0 Å². The van der Waals surface area contributed by atoms with Crippen LogP contribution in [0.5, 0.6) is 0 Å². The number of rotatable bonds is 18. The number of nitrogens with zero attached hydrogens (tertiary/aromatic N) is 3. The molecule has 0 aromatic rings. The van der Waals surface area contributed by atoms with Gasteiger partial charge in [0, 0.05) is 11.5 Å². The van der Waals surface area contributed by atoms with Crippen LogP contribution in [0.4, 0.5) is 26.3 Å². The minimum absolute atomic E-state index is 0.221. The van der Waals surface area contributed by atoms with E-state index in [9.17, 15) is 51.6 Å². The molecule has 0 aromatic carbocycles. The third-order valence-electron chi connectivity index (χ3n) is 4.77. The van der Waals surface area contributed by atoms with Gasteiger partial charge in [0.05, 0.1) is 0 Å². The molecular formula is C18H34F6N3O6S4-. The lowest BCUT2D eigenvalue weighted by Crippen LogP contribution is -2.25. The maximum absolute atomic E-state index is 13.1. The van der Waals surface area contributed by atoms with Gasteiger partial charge in [-0.1, -0.05) is 78.1 Å². The monoisotopic (exact) mass is 630 g/mol. The molecule has 0 saturated heterocycles. The summed E-state index contributed by atoms with van der Waals surface area (Å²) in [6, 6.07) is 0. The number of sulfonamides is 2. The Bertz CT molecular complexity index is 1060. The molecule has 0 aliphatic rings. The molecule has 0 heterocycles. The fraction of sp³-hybridized carbons (Fsp3) is 1.00. The summed E-state index contributed by atoms with van der Waals surface area (Å²) in [6.45, 7) is 3.82. The van der Waals surface area contributed by atoms with Gasteiger partial charge in [0.15, 0.2) is 0 Å². The van der Waals surface area contributed by atoms with Crippen molar-refractivity contribution in [3.63, 3.8) is 0 Å². The number of unbranched alkanes of at least 4 members (excludes halogenated alkanes) is 10. The zero-order valence-electron chi connectivity index (χ0n) is 20.6. The van der Waals surface area contributed by atoms with E-state index in [1.54, 1.807) is 0 Å². The summed E-state index contributed by atoms with van der Waals surface area (Å²) in [5, 5.41) is 0. The van der Waals surface area contributed by atoms with Gasteiger partial charge in [-0.05, 0) is 32.7 Å². The second kappa shape index (κ2) is 15.2. The molecule has 0 N–H and O–H groups in total. The minimum Gasteiger partial charge on any atom is -0.470 e. The molecule has 0 aromatic heterocycles. The lowest BCUT2D eigenvalue weighted by atomic mass is 10.1. The first-order chi connectivity index (χ1) is 16.7. The summed E-state index contributed by atoms with van der Waals surface area (Å²) in [4.78, 5) is 0. The maximum Gasteiger partial charge on any atom is 0.519 e. The summed E-state index contributed by atoms with van der Waals surface area (Å²) < 4.78 is 158. The van der Waals surface area contributed by atoms with Crippen LogP contribution in [0.1, 0.15) is 90.9 Å². The average Bonchev–Trinajstić information content (AvgIpc) is 2.70. The lowest BCUT2D eigenvalue weighted by Gasteiger charge is -2.29. The second-order valence-electron chi connectivity index (χ2n) is 8.22. The van der Waals surface area contributed by atoms with Crippen LogP contribution >= 0.6 is 0 Å². The van der Waals surface area contributed by atoms with Crippen LogP contribution in [-0.4, -0.2) is 47.8 Å². The Morgan fingerprint density at radius 3 is 1.05 bits per heavy atom. The van der Waals surface area contributed by atoms with E-state index in [0.717, 1.165) is 25.7 Å². The number of halogens is 6. The number of alkyl halides is 6. The molecule has 19 heteroatoms. The van der Waals surface area contributed by atoms with Crippen molar-refractivity contribution in [2.75, 3.05) is 11.5 Å². The summed E-state index contributed by atoms with van der Waals surface area (Å²) in [5.41, 5.74) is -12.1. The molecule has 2 unspecified atom stereocenters. The molecule has 0 fully saturated rings. The van der Waals surface area contributed by atoms with E-state index >= 15 is 0 Å². The van der Waals surface area contributed by atoms with Crippen LogP contribution in [-0.2, 0) is 39.9 Å². The molecule has 0 radical (unpaired) electrons. The topological polar surface area (TPSA) is 141 Å². The highest BCUT2D eigenvalue weighted by atomic mass is 32.3. The first-order valence-corrected chi connectivity index (χ1v) is 17.8. The highest BCUT2D eigenvalue weighted by molar-refractivity contribution is 8.18. The van der Waals surface area contributed by atoms with Gasteiger partial charge in [0.1, 0.15) is 0 Å². The Labute approximate surface area is 216 Å². The largest absolute Gasteiger partial charge is 0.519 e. The number of hydrogen-bond donors (Lipinski definition) is 0. The van der Waals surface area contributed by atoms with Gasteiger partial charge in [-0.15, -0.1) is 7.54 Å². The normalized spacial score (nSPS) is 16.6. The smallest absolute Gasteiger partial charge is 0.470 e. The third kappa shape index (κ3) is 13.8. The fourth-order valence-electron chi connectivity index (χ4n) is 2.89. The van der Waals surface area contributed by atoms with Gasteiger partial charge in [-0.3, -0.25) is 8.42 Å². The number of hydrogen-bond acceptors (Lipinski definition) is 6. The molecule has 2 atom stereocenters. The van der Waals surface area contributed by atoms with Crippen molar-refractivity contribution in [2.45, 2.75) is 102 Å². The molecule has 37 heavy (non-hydrogen) atoms. The van der Waals surface area contributed by atoms with Crippen molar-refractivity contribution in [3.05, 3.63) is 4.13 Å². The Morgan fingerprint density at radius 2 is 0.784 bits per heavy atom. The van der Waals surface area contributed by atoms with Crippen molar-refractivity contribution >= 4 is 39.9 Å². The Morgan fingerprint density at radius 1 is 0.514 bits per heavy atom. The van der Waals surface area contributed by atoms with Gasteiger partial charge in [-0.25, -0.2) is 0 Å². The highest BCUT2D eigenvalue weighted by Crippen LogP contribution is 2.32. The average molecular weight is 631 g/mol. The molecule has 9 nitrogen and oxygen atoms in total. The van der Waals surface area contributed by atoms with Crippen LogP contribution in [0.3, 0.4) is 0 Å².